The lowest BCUT2D eigenvalue weighted by atomic mass is 9.76. The quantitative estimate of drug-likeness (QED) is 0.589. The van der Waals surface area contributed by atoms with Crippen LogP contribution in [0.15, 0.2) is 12.2 Å². The number of Topliss-reactive ketones (excluding diaryl/α,β-unsaturated/α-hetero) is 1. The second kappa shape index (κ2) is 4.44. The van der Waals surface area contributed by atoms with Gasteiger partial charge in [-0.15, -0.1) is 0 Å². The molecule has 1 nitrogen and oxygen atoms in total. The van der Waals surface area contributed by atoms with Crippen molar-refractivity contribution in [3.8, 4) is 0 Å². The van der Waals surface area contributed by atoms with Gasteiger partial charge in [-0.3, -0.25) is 0 Å². The molecule has 1 atom stereocenters. The maximum atomic E-state index is 10.9. The first kappa shape index (κ1) is 11.4. The highest BCUT2D eigenvalue weighted by atomic mass is 16.1. The molecular weight excluding hydrogens is 148 g/mol. The molecule has 1 unspecified atom stereocenters. The fraction of sp³-hybridized carbons (Fsp3) is 0.727. The van der Waals surface area contributed by atoms with Crippen LogP contribution in [-0.2, 0) is 4.79 Å². The Balaban J connectivity index is 4.27. The molecule has 0 aromatic carbocycles. The number of hydrogen-bond donors (Lipinski definition) is 0. The lowest BCUT2D eigenvalue weighted by Crippen LogP contribution is -2.22. The zero-order valence-corrected chi connectivity index (χ0v) is 8.85. The molecule has 0 heterocycles. The number of allylic oxidation sites excluding steroid dienone is 2. The van der Waals surface area contributed by atoms with Crippen LogP contribution in [0.5, 0.6) is 0 Å². The summed E-state index contributed by atoms with van der Waals surface area (Å²) in [6.07, 6.45) is 4.87. The zero-order valence-electron chi connectivity index (χ0n) is 8.85. The normalized spacial score (nSPS) is 15.1. The molecule has 0 saturated heterocycles. The Kier molecular flexibility index (Phi) is 4.22. The van der Waals surface area contributed by atoms with E-state index in [4.69, 9.17) is 0 Å². The summed E-state index contributed by atoms with van der Waals surface area (Å²) in [5.41, 5.74) is 0.0956. The molecule has 0 aliphatic rings. The summed E-state index contributed by atoms with van der Waals surface area (Å²) in [6, 6.07) is 0. The third kappa shape index (κ3) is 3.70. The Labute approximate surface area is 75.9 Å². The fourth-order valence-electron chi connectivity index (χ4n) is 1.35. The monoisotopic (exact) mass is 168 g/mol. The zero-order chi connectivity index (χ0) is 9.78. The maximum absolute atomic E-state index is 10.9. The van der Waals surface area contributed by atoms with Gasteiger partial charge in [0, 0.05) is 6.42 Å². The smallest absolute Gasteiger partial charge is 0.130 e. The summed E-state index contributed by atoms with van der Waals surface area (Å²) in [5, 5.41) is 0. The minimum Gasteiger partial charge on any atom is -0.300 e. The second-order valence-corrected chi connectivity index (χ2v) is 4.18. The standard InChI is InChI=1S/C11H20O/c1-6-7-9(2)11(4,5)8-10(3)12/h6-7,9H,8H2,1-5H3. The minimum atomic E-state index is 0.0956. The molecule has 0 spiro atoms. The van der Waals surface area contributed by atoms with Gasteiger partial charge < -0.3 is 4.79 Å². The molecule has 0 radical (unpaired) electrons. The summed E-state index contributed by atoms with van der Waals surface area (Å²) in [5.74, 6) is 0.739. The summed E-state index contributed by atoms with van der Waals surface area (Å²) in [4.78, 5) is 10.9. The molecule has 70 valence electrons. The van der Waals surface area contributed by atoms with Gasteiger partial charge in [-0.1, -0.05) is 32.9 Å². The summed E-state index contributed by atoms with van der Waals surface area (Å²) in [6.45, 7) is 10.1. The van der Waals surface area contributed by atoms with Crippen molar-refractivity contribution in [1.82, 2.24) is 0 Å². The highest BCUT2D eigenvalue weighted by molar-refractivity contribution is 5.76. The van der Waals surface area contributed by atoms with Crippen molar-refractivity contribution in [3.05, 3.63) is 12.2 Å². The Hall–Kier alpha value is -0.590. The van der Waals surface area contributed by atoms with Crippen LogP contribution in [0.25, 0.3) is 0 Å². The lowest BCUT2D eigenvalue weighted by Gasteiger charge is -2.28. The molecule has 0 aromatic heterocycles. The van der Waals surface area contributed by atoms with Crippen LogP contribution in [0.1, 0.15) is 41.0 Å². The van der Waals surface area contributed by atoms with Gasteiger partial charge in [0.1, 0.15) is 5.78 Å². The van der Waals surface area contributed by atoms with Gasteiger partial charge in [-0.05, 0) is 25.2 Å². The average molecular weight is 168 g/mol. The first-order valence-electron chi connectivity index (χ1n) is 4.52. The number of ketones is 1. The SMILES string of the molecule is CC=CC(C)C(C)(C)CC(C)=O. The molecule has 0 aromatic rings. The van der Waals surface area contributed by atoms with Gasteiger partial charge in [-0.2, -0.15) is 0 Å². The summed E-state index contributed by atoms with van der Waals surface area (Å²) < 4.78 is 0. The van der Waals surface area contributed by atoms with E-state index in [1.165, 1.54) is 0 Å². The van der Waals surface area contributed by atoms with Crippen LogP contribution in [0.2, 0.25) is 0 Å². The van der Waals surface area contributed by atoms with Crippen molar-refractivity contribution in [3.63, 3.8) is 0 Å². The molecule has 12 heavy (non-hydrogen) atoms. The molecule has 0 saturated carbocycles. The molecule has 0 fully saturated rings. The molecule has 0 aliphatic heterocycles. The number of hydrogen-bond acceptors (Lipinski definition) is 1. The number of carbonyl (C=O) groups is 1. The van der Waals surface area contributed by atoms with E-state index in [1.807, 2.05) is 13.0 Å². The van der Waals surface area contributed by atoms with Crippen LogP contribution in [0.4, 0.5) is 0 Å². The van der Waals surface area contributed by atoms with Gasteiger partial charge >= 0.3 is 0 Å². The molecule has 0 amide bonds. The Morgan fingerprint density at radius 1 is 1.50 bits per heavy atom. The van der Waals surface area contributed by atoms with Crippen molar-refractivity contribution in [2.24, 2.45) is 11.3 Å². The molecule has 1 heteroatoms. The third-order valence-corrected chi connectivity index (χ3v) is 2.42. The highest BCUT2D eigenvalue weighted by Gasteiger charge is 2.25. The van der Waals surface area contributed by atoms with Gasteiger partial charge in [0.2, 0.25) is 0 Å². The molecular formula is C11H20O. The largest absolute Gasteiger partial charge is 0.300 e. The first-order chi connectivity index (χ1) is 5.40. The summed E-state index contributed by atoms with van der Waals surface area (Å²) in [7, 11) is 0. The van der Waals surface area contributed by atoms with Crippen molar-refractivity contribution >= 4 is 5.78 Å². The van der Waals surface area contributed by atoms with E-state index in [2.05, 4.69) is 26.8 Å². The van der Waals surface area contributed by atoms with Gasteiger partial charge in [0.15, 0.2) is 0 Å². The van der Waals surface area contributed by atoms with Crippen LogP contribution < -0.4 is 0 Å². The summed E-state index contributed by atoms with van der Waals surface area (Å²) >= 11 is 0. The first-order valence-corrected chi connectivity index (χ1v) is 4.52. The molecule has 0 bridgehead atoms. The Bertz CT molecular complexity index is 177. The van der Waals surface area contributed by atoms with Crippen molar-refractivity contribution < 1.29 is 4.79 Å². The topological polar surface area (TPSA) is 17.1 Å². The van der Waals surface area contributed by atoms with E-state index in [0.717, 1.165) is 0 Å². The van der Waals surface area contributed by atoms with E-state index in [0.29, 0.717) is 12.3 Å². The van der Waals surface area contributed by atoms with Crippen LogP contribution in [-0.4, -0.2) is 5.78 Å². The predicted molar refractivity (Wildman–Crippen MR) is 53.1 cm³/mol. The lowest BCUT2D eigenvalue weighted by molar-refractivity contribution is -0.119. The van der Waals surface area contributed by atoms with E-state index < -0.39 is 0 Å². The van der Waals surface area contributed by atoms with Crippen molar-refractivity contribution in [2.45, 2.75) is 41.0 Å². The van der Waals surface area contributed by atoms with Gasteiger partial charge in [-0.25, -0.2) is 0 Å². The molecule has 0 aliphatic carbocycles. The van der Waals surface area contributed by atoms with Crippen LogP contribution in [0, 0.1) is 11.3 Å². The number of carbonyl (C=O) groups excluding carboxylic acids is 1. The highest BCUT2D eigenvalue weighted by Crippen LogP contribution is 2.31. The van der Waals surface area contributed by atoms with E-state index >= 15 is 0 Å². The molecule has 0 rings (SSSR count). The third-order valence-electron chi connectivity index (χ3n) is 2.42. The Morgan fingerprint density at radius 3 is 2.33 bits per heavy atom. The van der Waals surface area contributed by atoms with Crippen molar-refractivity contribution in [2.75, 3.05) is 0 Å². The Morgan fingerprint density at radius 2 is 2.00 bits per heavy atom. The fourth-order valence-corrected chi connectivity index (χ4v) is 1.35. The van der Waals surface area contributed by atoms with E-state index in [9.17, 15) is 4.79 Å². The maximum Gasteiger partial charge on any atom is 0.130 e. The van der Waals surface area contributed by atoms with Crippen LogP contribution in [0.3, 0.4) is 0 Å². The van der Waals surface area contributed by atoms with Crippen molar-refractivity contribution in [1.29, 1.82) is 0 Å². The van der Waals surface area contributed by atoms with E-state index in [1.54, 1.807) is 6.92 Å². The predicted octanol–water partition coefficient (Wildman–Crippen LogP) is 3.20. The van der Waals surface area contributed by atoms with E-state index in [-0.39, 0.29) is 11.2 Å². The van der Waals surface area contributed by atoms with Crippen LogP contribution >= 0.6 is 0 Å². The number of rotatable bonds is 4. The van der Waals surface area contributed by atoms with Gasteiger partial charge in [0.25, 0.3) is 0 Å². The van der Waals surface area contributed by atoms with Gasteiger partial charge in [0.05, 0.1) is 0 Å². The average Bonchev–Trinajstić information content (AvgIpc) is 1.85. The molecule has 0 N–H and O–H groups in total. The second-order valence-electron chi connectivity index (χ2n) is 4.18. The minimum absolute atomic E-state index is 0.0956.